The Morgan fingerprint density at radius 1 is 1.22 bits per heavy atom. The molecule has 0 aliphatic carbocycles. The van der Waals surface area contributed by atoms with Crippen molar-refractivity contribution in [3.05, 3.63) is 70.7 Å². The Hall–Kier alpha value is -3.40. The molecule has 0 bridgehead atoms. The molecule has 2 heterocycles. The Bertz CT molecular complexity index is 1160. The zero-order valence-electron chi connectivity index (χ0n) is 16.8. The van der Waals surface area contributed by atoms with E-state index in [2.05, 4.69) is 10.3 Å². The standard InChI is InChI=1S/C22H18F3N3O3S/c1-13(29)28-12-19(31-18-8-3-2-7-17(18)28)20(30)27-21-26-11-16(32-21)10-14-5-4-6-15(9-14)22(23,24)25/h2-9,11,19H,10,12H2,1H3,(H,26,27,30). The number of nitrogens with one attached hydrogen (secondary N) is 1. The van der Waals surface area contributed by atoms with Crippen molar-refractivity contribution in [1.82, 2.24) is 4.98 Å². The van der Waals surface area contributed by atoms with E-state index in [9.17, 15) is 22.8 Å². The molecule has 1 aliphatic rings. The predicted octanol–water partition coefficient (Wildman–Crippen LogP) is 4.51. The van der Waals surface area contributed by atoms with Crippen LogP contribution in [-0.2, 0) is 22.2 Å². The quantitative estimate of drug-likeness (QED) is 0.621. The zero-order chi connectivity index (χ0) is 22.9. The molecule has 1 aromatic heterocycles. The summed E-state index contributed by atoms with van der Waals surface area (Å²) >= 11 is 1.17. The average Bonchev–Trinajstić information content (AvgIpc) is 3.19. The summed E-state index contributed by atoms with van der Waals surface area (Å²) in [7, 11) is 0. The van der Waals surface area contributed by atoms with E-state index < -0.39 is 23.8 Å². The fraction of sp³-hybridized carbons (Fsp3) is 0.227. The van der Waals surface area contributed by atoms with Crippen LogP contribution in [0.5, 0.6) is 5.75 Å². The van der Waals surface area contributed by atoms with E-state index in [0.29, 0.717) is 27.0 Å². The molecule has 4 rings (SSSR count). The first-order valence-corrected chi connectivity index (χ1v) is 10.5. The van der Waals surface area contributed by atoms with Crippen molar-refractivity contribution in [2.75, 3.05) is 16.8 Å². The lowest BCUT2D eigenvalue weighted by Gasteiger charge is -2.33. The number of benzene rings is 2. The van der Waals surface area contributed by atoms with Crippen molar-refractivity contribution in [1.29, 1.82) is 0 Å². The number of aromatic nitrogens is 1. The number of nitrogens with zero attached hydrogens (tertiary/aromatic N) is 2. The average molecular weight is 461 g/mol. The van der Waals surface area contributed by atoms with Gasteiger partial charge in [0.2, 0.25) is 5.91 Å². The first-order valence-electron chi connectivity index (χ1n) is 9.66. The highest BCUT2D eigenvalue weighted by molar-refractivity contribution is 7.15. The second kappa shape index (κ2) is 8.62. The van der Waals surface area contributed by atoms with E-state index in [1.807, 2.05) is 0 Å². The third-order valence-corrected chi connectivity index (χ3v) is 5.78. The van der Waals surface area contributed by atoms with Crippen LogP contribution in [0.4, 0.5) is 24.0 Å². The molecular formula is C22H18F3N3O3S. The number of hydrogen-bond acceptors (Lipinski definition) is 5. The molecule has 10 heteroatoms. The maximum absolute atomic E-state index is 12.9. The van der Waals surface area contributed by atoms with Gasteiger partial charge in [-0.3, -0.25) is 14.9 Å². The van der Waals surface area contributed by atoms with E-state index >= 15 is 0 Å². The number of ether oxygens (including phenoxy) is 1. The first kappa shape index (κ1) is 21.8. The number of rotatable bonds is 4. The molecule has 1 N–H and O–H groups in total. The normalized spacial score (nSPS) is 15.6. The van der Waals surface area contributed by atoms with Crippen LogP contribution >= 0.6 is 11.3 Å². The molecule has 1 aliphatic heterocycles. The van der Waals surface area contributed by atoms with Gasteiger partial charge in [0.1, 0.15) is 5.75 Å². The molecule has 1 unspecified atom stereocenters. The van der Waals surface area contributed by atoms with Crippen molar-refractivity contribution >= 4 is 34.0 Å². The molecule has 2 amide bonds. The van der Waals surface area contributed by atoms with Crippen molar-refractivity contribution in [3.63, 3.8) is 0 Å². The lowest BCUT2D eigenvalue weighted by atomic mass is 10.1. The predicted molar refractivity (Wildman–Crippen MR) is 114 cm³/mol. The number of carbonyl (C=O) groups is 2. The summed E-state index contributed by atoms with van der Waals surface area (Å²) in [4.78, 5) is 31.1. The van der Waals surface area contributed by atoms with Gasteiger partial charge in [-0.25, -0.2) is 4.98 Å². The monoisotopic (exact) mass is 461 g/mol. The van der Waals surface area contributed by atoms with Gasteiger partial charge < -0.3 is 9.64 Å². The minimum atomic E-state index is -4.41. The van der Waals surface area contributed by atoms with Crippen LogP contribution in [0, 0.1) is 0 Å². The number of para-hydroxylation sites is 2. The van der Waals surface area contributed by atoms with Crippen molar-refractivity contribution in [2.45, 2.75) is 25.6 Å². The number of halogens is 3. The number of alkyl halides is 3. The number of carbonyl (C=O) groups excluding carboxylic acids is 2. The Kier molecular flexibility index (Phi) is 5.88. The van der Waals surface area contributed by atoms with E-state index in [4.69, 9.17) is 4.74 Å². The number of hydrogen-bond donors (Lipinski definition) is 1. The van der Waals surface area contributed by atoms with Gasteiger partial charge in [-0.15, -0.1) is 11.3 Å². The SMILES string of the molecule is CC(=O)N1CC(C(=O)Nc2ncc(Cc3cccc(C(F)(F)F)c3)s2)Oc2ccccc21. The molecule has 3 aromatic rings. The molecule has 0 fully saturated rings. The summed E-state index contributed by atoms with van der Waals surface area (Å²) < 4.78 is 44.5. The number of anilines is 2. The third-order valence-electron chi connectivity index (χ3n) is 4.86. The smallest absolute Gasteiger partial charge is 0.416 e. The van der Waals surface area contributed by atoms with Crippen molar-refractivity contribution in [3.8, 4) is 5.75 Å². The Morgan fingerprint density at radius 3 is 2.75 bits per heavy atom. The Morgan fingerprint density at radius 2 is 2.00 bits per heavy atom. The molecule has 0 spiro atoms. The maximum Gasteiger partial charge on any atom is 0.416 e. The van der Waals surface area contributed by atoms with E-state index in [0.717, 1.165) is 12.1 Å². The Labute approximate surface area is 185 Å². The summed E-state index contributed by atoms with van der Waals surface area (Å²) in [6, 6.07) is 12.0. The van der Waals surface area contributed by atoms with Gasteiger partial charge >= 0.3 is 6.18 Å². The van der Waals surface area contributed by atoms with Gasteiger partial charge in [0.05, 0.1) is 17.8 Å². The second-order valence-corrected chi connectivity index (χ2v) is 8.31. The van der Waals surface area contributed by atoms with Gasteiger partial charge in [0.15, 0.2) is 11.2 Å². The Balaban J connectivity index is 1.44. The summed E-state index contributed by atoms with van der Waals surface area (Å²) in [6.07, 6.45) is -3.57. The van der Waals surface area contributed by atoms with Gasteiger partial charge in [-0.2, -0.15) is 13.2 Å². The highest BCUT2D eigenvalue weighted by atomic mass is 32.1. The van der Waals surface area contributed by atoms with Gasteiger partial charge in [-0.05, 0) is 23.8 Å². The van der Waals surface area contributed by atoms with Crippen LogP contribution in [0.3, 0.4) is 0 Å². The molecule has 2 aromatic carbocycles. The topological polar surface area (TPSA) is 71.5 Å². The molecule has 166 valence electrons. The highest BCUT2D eigenvalue weighted by Gasteiger charge is 2.33. The van der Waals surface area contributed by atoms with Gasteiger partial charge in [0, 0.05) is 24.4 Å². The van der Waals surface area contributed by atoms with Crippen LogP contribution in [0.2, 0.25) is 0 Å². The second-order valence-electron chi connectivity index (χ2n) is 7.20. The molecule has 0 saturated carbocycles. The molecule has 1 atom stereocenters. The number of amides is 2. The molecule has 32 heavy (non-hydrogen) atoms. The van der Waals surface area contributed by atoms with Gasteiger partial charge in [0.25, 0.3) is 5.91 Å². The van der Waals surface area contributed by atoms with E-state index in [1.54, 1.807) is 30.3 Å². The van der Waals surface area contributed by atoms with Gasteiger partial charge in [-0.1, -0.05) is 30.3 Å². The summed E-state index contributed by atoms with van der Waals surface area (Å²) in [5.41, 5.74) is 0.380. The largest absolute Gasteiger partial charge is 0.476 e. The molecule has 6 nitrogen and oxygen atoms in total. The minimum Gasteiger partial charge on any atom is -0.476 e. The highest BCUT2D eigenvalue weighted by Crippen LogP contribution is 2.34. The lowest BCUT2D eigenvalue weighted by molar-refractivity contribution is -0.137. The van der Waals surface area contributed by atoms with Crippen LogP contribution in [0.25, 0.3) is 0 Å². The van der Waals surface area contributed by atoms with E-state index in [-0.39, 0.29) is 18.9 Å². The van der Waals surface area contributed by atoms with Crippen LogP contribution in [0.15, 0.2) is 54.7 Å². The molecule has 0 radical (unpaired) electrons. The minimum absolute atomic E-state index is 0.0562. The van der Waals surface area contributed by atoms with E-state index in [1.165, 1.54) is 35.4 Å². The number of thiazole rings is 1. The first-order chi connectivity index (χ1) is 15.2. The summed E-state index contributed by atoms with van der Waals surface area (Å²) in [5.74, 6) is -0.250. The lowest BCUT2D eigenvalue weighted by Crippen LogP contribution is -2.48. The molecule has 0 saturated heterocycles. The number of fused-ring (bicyclic) bond motifs is 1. The zero-order valence-corrected chi connectivity index (χ0v) is 17.7. The summed E-state index contributed by atoms with van der Waals surface area (Å²) in [6.45, 7) is 1.47. The molecular weight excluding hydrogens is 443 g/mol. The maximum atomic E-state index is 12.9. The van der Waals surface area contributed by atoms with Crippen LogP contribution in [0.1, 0.15) is 22.9 Å². The summed E-state index contributed by atoms with van der Waals surface area (Å²) in [5, 5.41) is 2.97. The van der Waals surface area contributed by atoms with Crippen LogP contribution in [-0.4, -0.2) is 29.4 Å². The van der Waals surface area contributed by atoms with Crippen LogP contribution < -0.4 is 15.0 Å². The van der Waals surface area contributed by atoms with Crippen molar-refractivity contribution in [2.24, 2.45) is 0 Å². The fourth-order valence-electron chi connectivity index (χ4n) is 3.36. The third kappa shape index (κ3) is 4.75. The van der Waals surface area contributed by atoms with Crippen molar-refractivity contribution < 1.29 is 27.5 Å². The fourth-order valence-corrected chi connectivity index (χ4v) is 4.21.